The molecular weight excluding hydrogens is 246 g/mol. The molecule has 0 unspecified atom stereocenters. The van der Waals surface area contributed by atoms with Crippen LogP contribution in [-0.4, -0.2) is 17.4 Å². The predicted octanol–water partition coefficient (Wildman–Crippen LogP) is 3.15. The molecule has 3 heteroatoms. The van der Waals surface area contributed by atoms with Crippen LogP contribution >= 0.6 is 0 Å². The van der Waals surface area contributed by atoms with Gasteiger partial charge in [0.25, 0.3) is 0 Å². The maximum absolute atomic E-state index is 4.54. The van der Waals surface area contributed by atoms with Gasteiger partial charge in [-0.05, 0) is 36.1 Å². The zero-order chi connectivity index (χ0) is 13.6. The van der Waals surface area contributed by atoms with Crippen LogP contribution in [0.25, 0.3) is 0 Å². The summed E-state index contributed by atoms with van der Waals surface area (Å²) in [5.74, 6) is 1.15. The van der Waals surface area contributed by atoms with E-state index in [9.17, 15) is 0 Å². The van der Waals surface area contributed by atoms with E-state index in [0.29, 0.717) is 0 Å². The second-order valence-electron chi connectivity index (χ2n) is 5.10. The molecule has 20 heavy (non-hydrogen) atoms. The number of nitrogens with zero attached hydrogens (tertiary/aromatic N) is 2. The van der Waals surface area contributed by atoms with Crippen LogP contribution in [-0.2, 0) is 6.42 Å². The van der Waals surface area contributed by atoms with Crippen molar-refractivity contribution >= 4 is 5.84 Å². The van der Waals surface area contributed by atoms with Crippen molar-refractivity contribution in [3.63, 3.8) is 0 Å². The highest BCUT2D eigenvalue weighted by molar-refractivity contribution is 5.83. The average Bonchev–Trinajstić information content (AvgIpc) is 3.02. The molecule has 2 heterocycles. The van der Waals surface area contributed by atoms with E-state index < -0.39 is 0 Å². The lowest BCUT2D eigenvalue weighted by Gasteiger charge is -2.20. The molecule has 0 radical (unpaired) electrons. The lowest BCUT2D eigenvalue weighted by molar-refractivity contribution is 0.638. The molecule has 102 valence electrons. The molecule has 0 spiro atoms. The molecule has 0 saturated heterocycles. The smallest absolute Gasteiger partial charge is 0.0968 e. The second-order valence-corrected chi connectivity index (χ2v) is 5.10. The summed E-state index contributed by atoms with van der Waals surface area (Å²) in [6.45, 7) is 0.957. The molecule has 0 fully saturated rings. The summed E-state index contributed by atoms with van der Waals surface area (Å²) in [4.78, 5) is 8.62. The van der Waals surface area contributed by atoms with Crippen molar-refractivity contribution in [2.45, 2.75) is 25.3 Å². The molecule has 1 atom stereocenters. The minimum atomic E-state index is 0.274. The maximum Gasteiger partial charge on any atom is 0.0968 e. The molecule has 2 aromatic rings. The van der Waals surface area contributed by atoms with Crippen molar-refractivity contribution < 1.29 is 0 Å². The topological polar surface area (TPSA) is 37.3 Å². The Hall–Kier alpha value is -2.16. The molecule has 1 N–H and O–H groups in total. The highest BCUT2D eigenvalue weighted by atomic mass is 15.0. The van der Waals surface area contributed by atoms with E-state index in [0.717, 1.165) is 25.2 Å². The van der Waals surface area contributed by atoms with Crippen molar-refractivity contribution in [2.24, 2.45) is 4.99 Å². The number of hydrogen-bond donors (Lipinski definition) is 1. The van der Waals surface area contributed by atoms with Gasteiger partial charge in [-0.3, -0.25) is 9.98 Å². The quantitative estimate of drug-likeness (QED) is 0.922. The van der Waals surface area contributed by atoms with Gasteiger partial charge in [0.05, 0.1) is 11.9 Å². The van der Waals surface area contributed by atoms with Crippen LogP contribution in [0.1, 0.15) is 30.0 Å². The number of benzene rings is 1. The molecule has 3 rings (SSSR count). The van der Waals surface area contributed by atoms with Gasteiger partial charge >= 0.3 is 0 Å². The monoisotopic (exact) mass is 265 g/mol. The van der Waals surface area contributed by atoms with Gasteiger partial charge in [-0.2, -0.15) is 0 Å². The third-order valence-corrected chi connectivity index (χ3v) is 3.61. The molecule has 0 saturated carbocycles. The largest absolute Gasteiger partial charge is 0.367 e. The summed E-state index contributed by atoms with van der Waals surface area (Å²) in [6, 6.07) is 15.0. The first-order valence-corrected chi connectivity index (χ1v) is 7.15. The lowest BCUT2D eigenvalue weighted by Crippen LogP contribution is -2.28. The number of hydrogen-bond acceptors (Lipinski definition) is 3. The van der Waals surface area contributed by atoms with Crippen molar-refractivity contribution in [1.82, 2.24) is 10.3 Å². The van der Waals surface area contributed by atoms with Crippen molar-refractivity contribution in [2.75, 3.05) is 6.54 Å². The highest BCUT2D eigenvalue weighted by Gasteiger charge is 2.15. The summed E-state index contributed by atoms with van der Waals surface area (Å²) in [6.07, 6.45) is 6.89. The fraction of sp³-hybridized carbons (Fsp3) is 0.294. The molecule has 0 aliphatic carbocycles. The van der Waals surface area contributed by atoms with E-state index in [1.807, 2.05) is 12.4 Å². The number of aromatic nitrogens is 1. The Morgan fingerprint density at radius 2 is 1.85 bits per heavy atom. The molecule has 1 aromatic carbocycles. The van der Waals surface area contributed by atoms with Crippen LogP contribution in [0, 0.1) is 0 Å². The van der Waals surface area contributed by atoms with E-state index in [4.69, 9.17) is 0 Å². The fourth-order valence-corrected chi connectivity index (χ4v) is 2.55. The molecule has 3 nitrogen and oxygen atoms in total. The summed E-state index contributed by atoms with van der Waals surface area (Å²) in [5.41, 5.74) is 2.60. The van der Waals surface area contributed by atoms with Gasteiger partial charge in [0.2, 0.25) is 0 Å². The average molecular weight is 265 g/mol. The van der Waals surface area contributed by atoms with Gasteiger partial charge in [0, 0.05) is 25.4 Å². The molecule has 1 aliphatic heterocycles. The molecule has 1 aromatic heterocycles. The Morgan fingerprint density at radius 1 is 1.05 bits per heavy atom. The van der Waals surface area contributed by atoms with Crippen molar-refractivity contribution in [3.05, 3.63) is 66.0 Å². The number of nitrogens with one attached hydrogen (secondary N) is 1. The number of rotatable bonds is 4. The Labute approximate surface area is 119 Å². The number of aliphatic imine (C=N–C) groups is 1. The predicted molar refractivity (Wildman–Crippen MR) is 81.8 cm³/mol. The summed E-state index contributed by atoms with van der Waals surface area (Å²) in [7, 11) is 0. The summed E-state index contributed by atoms with van der Waals surface area (Å²) >= 11 is 0. The van der Waals surface area contributed by atoms with Gasteiger partial charge in [-0.25, -0.2) is 0 Å². The van der Waals surface area contributed by atoms with E-state index in [1.54, 1.807) is 0 Å². The number of amidine groups is 1. The third kappa shape index (κ3) is 3.23. The van der Waals surface area contributed by atoms with Gasteiger partial charge < -0.3 is 5.32 Å². The zero-order valence-corrected chi connectivity index (χ0v) is 11.5. The first-order valence-electron chi connectivity index (χ1n) is 7.15. The first-order chi connectivity index (χ1) is 9.92. The van der Waals surface area contributed by atoms with E-state index >= 15 is 0 Å². The minimum absolute atomic E-state index is 0.274. The maximum atomic E-state index is 4.54. The van der Waals surface area contributed by atoms with E-state index in [-0.39, 0.29) is 6.04 Å². The Kier molecular flexibility index (Phi) is 4.07. The Balaban J connectivity index is 1.79. The van der Waals surface area contributed by atoms with Crippen LogP contribution in [0.2, 0.25) is 0 Å². The Morgan fingerprint density at radius 3 is 2.55 bits per heavy atom. The van der Waals surface area contributed by atoms with E-state index in [2.05, 4.69) is 57.8 Å². The van der Waals surface area contributed by atoms with E-state index in [1.165, 1.54) is 17.5 Å². The SMILES string of the molecule is c1ccc([C@H](Cc2ccncc2)NC2=NCCC2)cc1. The third-order valence-electron chi connectivity index (χ3n) is 3.61. The zero-order valence-electron chi connectivity index (χ0n) is 11.5. The molecular formula is C17H19N3. The van der Waals surface area contributed by atoms with Crippen molar-refractivity contribution in [3.8, 4) is 0 Å². The molecule has 1 aliphatic rings. The minimum Gasteiger partial charge on any atom is -0.367 e. The summed E-state index contributed by atoms with van der Waals surface area (Å²) < 4.78 is 0. The molecule has 0 bridgehead atoms. The van der Waals surface area contributed by atoms with Gasteiger partial charge in [-0.15, -0.1) is 0 Å². The number of pyridine rings is 1. The highest BCUT2D eigenvalue weighted by Crippen LogP contribution is 2.19. The molecule has 0 amide bonds. The van der Waals surface area contributed by atoms with Crippen molar-refractivity contribution in [1.29, 1.82) is 0 Å². The first kappa shape index (κ1) is 12.9. The van der Waals surface area contributed by atoms with Crippen LogP contribution in [0.5, 0.6) is 0 Å². The Bertz CT molecular complexity index is 563. The normalized spacial score (nSPS) is 15.7. The van der Waals surface area contributed by atoms with Crippen LogP contribution in [0.4, 0.5) is 0 Å². The second kappa shape index (κ2) is 6.33. The van der Waals surface area contributed by atoms with Crippen LogP contribution in [0.3, 0.4) is 0 Å². The van der Waals surface area contributed by atoms with Crippen LogP contribution in [0.15, 0.2) is 59.9 Å². The van der Waals surface area contributed by atoms with Crippen LogP contribution < -0.4 is 5.32 Å². The lowest BCUT2D eigenvalue weighted by atomic mass is 9.99. The summed E-state index contributed by atoms with van der Waals surface area (Å²) in [5, 5.41) is 3.61. The van der Waals surface area contributed by atoms with Gasteiger partial charge in [-0.1, -0.05) is 30.3 Å². The standard InChI is InChI=1S/C17H19N3/c1-2-5-15(6-3-1)16(20-17-7-4-10-19-17)13-14-8-11-18-12-9-14/h1-3,5-6,8-9,11-12,16H,4,7,10,13H2,(H,19,20)/t16-/m0/s1. The van der Waals surface area contributed by atoms with Gasteiger partial charge in [0.15, 0.2) is 0 Å². The fourth-order valence-electron chi connectivity index (χ4n) is 2.55. The van der Waals surface area contributed by atoms with Gasteiger partial charge in [0.1, 0.15) is 0 Å².